The van der Waals surface area contributed by atoms with Gasteiger partial charge >= 0.3 is 6.03 Å². The van der Waals surface area contributed by atoms with Gasteiger partial charge in [0, 0.05) is 39.6 Å². The van der Waals surface area contributed by atoms with Gasteiger partial charge in [-0.15, -0.1) is 0 Å². The fraction of sp³-hybridized carbons (Fsp3) is 0.538. The van der Waals surface area contributed by atoms with Crippen LogP contribution in [-0.4, -0.2) is 60.0 Å². The molecule has 1 fully saturated rings. The number of carbonyl (C=O) groups excluding carboxylic acids is 2. The summed E-state index contributed by atoms with van der Waals surface area (Å²) in [5.74, 6) is -0.111. The van der Waals surface area contributed by atoms with Crippen molar-refractivity contribution in [1.29, 1.82) is 0 Å². The quantitative estimate of drug-likeness (QED) is 0.804. The van der Waals surface area contributed by atoms with Crippen LogP contribution in [-0.2, 0) is 0 Å². The number of anilines is 1. The minimum atomic E-state index is -0.597. The minimum absolute atomic E-state index is 0.0569. The van der Waals surface area contributed by atoms with Gasteiger partial charge in [0.1, 0.15) is 0 Å². The topological polar surface area (TPSA) is 104 Å². The Bertz CT molecular complexity index is 535. The zero-order chi connectivity index (χ0) is 15.4. The molecule has 3 N–H and O–H groups in total. The number of rotatable bonds is 3. The van der Waals surface area contributed by atoms with Crippen molar-refractivity contribution in [2.24, 2.45) is 5.73 Å². The Kier molecular flexibility index (Phi) is 4.56. The summed E-state index contributed by atoms with van der Waals surface area (Å²) in [7, 11) is 3.37. The zero-order valence-electron chi connectivity index (χ0n) is 12.2. The second-order valence-corrected chi connectivity index (χ2v) is 5.00. The molecular weight excluding hydrogens is 272 g/mol. The summed E-state index contributed by atoms with van der Waals surface area (Å²) in [4.78, 5) is 35.0. The van der Waals surface area contributed by atoms with Crippen LogP contribution in [0.4, 0.5) is 10.6 Å². The van der Waals surface area contributed by atoms with Gasteiger partial charge in [-0.3, -0.25) is 4.79 Å². The number of nitrogens with two attached hydrogens (primary N) is 1. The van der Waals surface area contributed by atoms with Gasteiger partial charge in [-0.2, -0.15) is 0 Å². The molecule has 0 spiro atoms. The maximum absolute atomic E-state index is 11.7. The fourth-order valence-electron chi connectivity index (χ4n) is 2.54. The van der Waals surface area contributed by atoms with Crippen LogP contribution >= 0.6 is 0 Å². The minimum Gasteiger partial charge on any atom is -0.364 e. The number of piperidine rings is 1. The number of hydrogen-bond acceptors (Lipinski definition) is 5. The lowest BCUT2D eigenvalue weighted by Crippen LogP contribution is -2.51. The number of amides is 3. The number of carbonyl (C=O) groups is 2. The van der Waals surface area contributed by atoms with Crippen LogP contribution in [0.25, 0.3) is 0 Å². The highest BCUT2D eigenvalue weighted by atomic mass is 16.2. The molecular formula is C13H20N6O2. The Morgan fingerprint density at radius 1 is 1.43 bits per heavy atom. The molecule has 1 unspecified atom stereocenters. The maximum atomic E-state index is 11.7. The Morgan fingerprint density at radius 2 is 2.14 bits per heavy atom. The van der Waals surface area contributed by atoms with E-state index >= 15 is 0 Å². The highest BCUT2D eigenvalue weighted by molar-refractivity contribution is 5.95. The predicted molar refractivity (Wildman–Crippen MR) is 78.0 cm³/mol. The summed E-state index contributed by atoms with van der Waals surface area (Å²) >= 11 is 0. The molecule has 3 amide bonds. The molecule has 1 aromatic heterocycles. The Morgan fingerprint density at radius 3 is 2.81 bits per heavy atom. The lowest BCUT2D eigenvalue weighted by molar-refractivity contribution is 0.0995. The second-order valence-electron chi connectivity index (χ2n) is 5.00. The monoisotopic (exact) mass is 292 g/mol. The summed E-state index contributed by atoms with van der Waals surface area (Å²) in [6, 6.07) is -0.0717. The molecule has 21 heavy (non-hydrogen) atoms. The van der Waals surface area contributed by atoms with E-state index in [0.29, 0.717) is 12.4 Å². The van der Waals surface area contributed by atoms with Crippen molar-refractivity contribution in [3.05, 3.63) is 18.1 Å². The van der Waals surface area contributed by atoms with Gasteiger partial charge in [-0.25, -0.2) is 14.8 Å². The first-order valence-electron chi connectivity index (χ1n) is 6.85. The van der Waals surface area contributed by atoms with Gasteiger partial charge in [-0.05, 0) is 12.8 Å². The molecule has 2 heterocycles. The van der Waals surface area contributed by atoms with Gasteiger partial charge in [0.25, 0.3) is 5.91 Å². The van der Waals surface area contributed by atoms with Gasteiger partial charge < -0.3 is 20.9 Å². The molecule has 1 aliphatic heterocycles. The Hall–Kier alpha value is -2.38. The van der Waals surface area contributed by atoms with Gasteiger partial charge in [0.05, 0.1) is 6.04 Å². The molecule has 2 rings (SSSR count). The molecule has 1 aromatic rings. The predicted octanol–water partition coefficient (Wildman–Crippen LogP) is -0.184. The number of likely N-dealkylation sites (N-methyl/N-ethyl adjacent to an activating group) is 1. The van der Waals surface area contributed by atoms with Crippen LogP contribution in [0.2, 0.25) is 0 Å². The number of aromatic nitrogens is 2. The average molecular weight is 292 g/mol. The lowest BCUT2D eigenvalue weighted by Gasteiger charge is -2.38. The van der Waals surface area contributed by atoms with Crippen LogP contribution < -0.4 is 16.0 Å². The van der Waals surface area contributed by atoms with Crippen LogP contribution in [0.15, 0.2) is 12.4 Å². The van der Waals surface area contributed by atoms with Crippen molar-refractivity contribution in [3.8, 4) is 0 Å². The van der Waals surface area contributed by atoms with E-state index in [0.717, 1.165) is 19.4 Å². The van der Waals surface area contributed by atoms with E-state index in [1.54, 1.807) is 19.0 Å². The van der Waals surface area contributed by atoms with E-state index in [-0.39, 0.29) is 17.8 Å². The summed E-state index contributed by atoms with van der Waals surface area (Å²) in [5.41, 5.74) is 5.51. The summed E-state index contributed by atoms with van der Waals surface area (Å²) in [5, 5.41) is 2.61. The molecule has 0 bridgehead atoms. The summed E-state index contributed by atoms with van der Waals surface area (Å²) in [6.07, 6.45) is 4.79. The molecule has 1 atom stereocenters. The highest BCUT2D eigenvalue weighted by Crippen LogP contribution is 2.22. The highest BCUT2D eigenvalue weighted by Gasteiger charge is 2.28. The third-order valence-corrected chi connectivity index (χ3v) is 3.69. The third-order valence-electron chi connectivity index (χ3n) is 3.69. The van der Waals surface area contributed by atoms with E-state index in [1.807, 2.05) is 4.90 Å². The van der Waals surface area contributed by atoms with Crippen molar-refractivity contribution in [1.82, 2.24) is 20.2 Å². The van der Waals surface area contributed by atoms with Crippen molar-refractivity contribution >= 4 is 17.8 Å². The molecule has 1 saturated heterocycles. The van der Waals surface area contributed by atoms with Crippen LogP contribution in [0.5, 0.6) is 0 Å². The van der Waals surface area contributed by atoms with Crippen molar-refractivity contribution in [2.45, 2.75) is 18.9 Å². The molecule has 0 radical (unpaired) electrons. The molecule has 0 aromatic carbocycles. The molecule has 0 saturated carbocycles. The first-order valence-corrected chi connectivity index (χ1v) is 6.85. The van der Waals surface area contributed by atoms with Gasteiger partial charge in [-0.1, -0.05) is 0 Å². The maximum Gasteiger partial charge on any atom is 0.317 e. The lowest BCUT2D eigenvalue weighted by atomic mass is 10.0. The van der Waals surface area contributed by atoms with E-state index < -0.39 is 5.91 Å². The average Bonchev–Trinajstić information content (AvgIpc) is 2.53. The number of hydrogen-bond donors (Lipinski definition) is 2. The fourth-order valence-corrected chi connectivity index (χ4v) is 2.54. The first-order chi connectivity index (χ1) is 10.0. The smallest absolute Gasteiger partial charge is 0.317 e. The van der Waals surface area contributed by atoms with Crippen molar-refractivity contribution in [2.75, 3.05) is 32.1 Å². The first kappa shape index (κ1) is 15.0. The standard InChI is InChI=1S/C13H20N6O2/c1-15-13(21)18(2)9-4-3-7-19(8-9)12-10(11(14)20)16-5-6-17-12/h5-6,9H,3-4,7-8H2,1-2H3,(H2,14,20)(H,15,21). The van der Waals surface area contributed by atoms with E-state index in [9.17, 15) is 9.59 Å². The zero-order valence-corrected chi connectivity index (χ0v) is 12.2. The van der Waals surface area contributed by atoms with Gasteiger partial charge in [0.15, 0.2) is 11.5 Å². The van der Waals surface area contributed by atoms with Crippen LogP contribution in [0.1, 0.15) is 23.3 Å². The second kappa shape index (κ2) is 6.38. The van der Waals surface area contributed by atoms with Crippen molar-refractivity contribution in [3.63, 3.8) is 0 Å². The Balaban J connectivity index is 2.18. The van der Waals surface area contributed by atoms with E-state index in [4.69, 9.17) is 5.73 Å². The normalized spacial score (nSPS) is 18.2. The summed E-state index contributed by atoms with van der Waals surface area (Å²) in [6.45, 7) is 1.36. The molecule has 8 heteroatoms. The third kappa shape index (κ3) is 3.21. The Labute approximate surface area is 123 Å². The largest absolute Gasteiger partial charge is 0.364 e. The van der Waals surface area contributed by atoms with Crippen LogP contribution in [0.3, 0.4) is 0 Å². The van der Waals surface area contributed by atoms with E-state index in [1.165, 1.54) is 12.4 Å². The SMILES string of the molecule is CNC(=O)N(C)C1CCCN(c2nccnc2C(N)=O)C1. The molecule has 1 aliphatic rings. The number of primary amides is 1. The summed E-state index contributed by atoms with van der Waals surface area (Å²) < 4.78 is 0. The molecule has 114 valence electrons. The number of nitrogens with zero attached hydrogens (tertiary/aromatic N) is 4. The van der Waals surface area contributed by atoms with Crippen molar-refractivity contribution < 1.29 is 9.59 Å². The van der Waals surface area contributed by atoms with E-state index in [2.05, 4.69) is 15.3 Å². The van der Waals surface area contributed by atoms with Gasteiger partial charge in [0.2, 0.25) is 0 Å². The molecule has 8 nitrogen and oxygen atoms in total. The van der Waals surface area contributed by atoms with Crippen LogP contribution in [0, 0.1) is 0 Å². The number of nitrogens with one attached hydrogen (secondary N) is 1. The number of urea groups is 1. The molecule has 0 aliphatic carbocycles.